The number of aryl methyl sites for hydroxylation is 1. The summed E-state index contributed by atoms with van der Waals surface area (Å²) in [5, 5.41) is 0. The van der Waals surface area contributed by atoms with Crippen LogP contribution in [0.3, 0.4) is 0 Å². The number of rotatable bonds is 5. The molecule has 0 aliphatic heterocycles. The van der Waals surface area contributed by atoms with Crippen LogP contribution in [-0.4, -0.2) is 14.4 Å². The minimum absolute atomic E-state index is 0.259. The molecule has 2 saturated carbocycles. The molecular formula is C25H32N4. The van der Waals surface area contributed by atoms with Crippen LogP contribution in [0.15, 0.2) is 30.6 Å². The summed E-state index contributed by atoms with van der Waals surface area (Å²) in [5.41, 5.74) is 13.6. The molecule has 3 aromatic rings. The Morgan fingerprint density at radius 2 is 1.90 bits per heavy atom. The fraction of sp³-hybridized carbons (Fsp3) is 0.520. The molecule has 3 heterocycles. The maximum absolute atomic E-state index is 6.03. The van der Waals surface area contributed by atoms with Crippen LogP contribution in [0.1, 0.15) is 75.2 Å². The first-order valence-electron chi connectivity index (χ1n) is 11.3. The predicted octanol–water partition coefficient (Wildman–Crippen LogP) is 5.85. The highest BCUT2D eigenvalue weighted by molar-refractivity contribution is 5.81. The van der Waals surface area contributed by atoms with Gasteiger partial charge in [0, 0.05) is 28.4 Å². The average molecular weight is 389 g/mol. The number of nitrogen functional groups attached to an aromatic ring is 1. The Hall–Kier alpha value is -2.36. The Morgan fingerprint density at radius 3 is 2.59 bits per heavy atom. The zero-order valence-electron chi connectivity index (χ0n) is 17.7. The van der Waals surface area contributed by atoms with Crippen molar-refractivity contribution in [2.45, 2.75) is 77.0 Å². The monoisotopic (exact) mass is 388 g/mol. The number of aromatic nitrogens is 3. The molecule has 0 saturated heterocycles. The van der Waals surface area contributed by atoms with Gasteiger partial charge in [0.2, 0.25) is 0 Å². The van der Waals surface area contributed by atoms with Gasteiger partial charge in [-0.3, -0.25) is 4.98 Å². The molecule has 3 aromatic heterocycles. The molecular weight excluding hydrogens is 356 g/mol. The summed E-state index contributed by atoms with van der Waals surface area (Å²) < 4.78 is 2.12. The molecule has 29 heavy (non-hydrogen) atoms. The van der Waals surface area contributed by atoms with Gasteiger partial charge in [-0.2, -0.15) is 0 Å². The molecule has 2 fully saturated rings. The third kappa shape index (κ3) is 3.23. The van der Waals surface area contributed by atoms with Gasteiger partial charge in [-0.25, -0.2) is 4.98 Å². The highest BCUT2D eigenvalue weighted by atomic mass is 15.0. The number of fused-ring (bicyclic) bond motifs is 1. The van der Waals surface area contributed by atoms with Crippen molar-refractivity contribution in [1.82, 2.24) is 14.4 Å². The van der Waals surface area contributed by atoms with E-state index in [1.165, 1.54) is 80.3 Å². The van der Waals surface area contributed by atoms with Gasteiger partial charge in [0.25, 0.3) is 0 Å². The normalized spacial score (nSPS) is 19.0. The lowest BCUT2D eigenvalue weighted by Gasteiger charge is -2.29. The summed E-state index contributed by atoms with van der Waals surface area (Å²) in [5.74, 6) is 1.41. The molecule has 0 aromatic carbocycles. The Bertz CT molecular complexity index is 1040. The third-order valence-corrected chi connectivity index (χ3v) is 7.57. The van der Waals surface area contributed by atoms with E-state index in [0.29, 0.717) is 5.82 Å². The van der Waals surface area contributed by atoms with E-state index >= 15 is 0 Å². The van der Waals surface area contributed by atoms with Crippen molar-refractivity contribution < 1.29 is 0 Å². The zero-order chi connectivity index (χ0) is 20.0. The molecule has 152 valence electrons. The molecule has 0 radical (unpaired) electrons. The van der Waals surface area contributed by atoms with Crippen LogP contribution in [0.4, 0.5) is 5.82 Å². The van der Waals surface area contributed by atoms with Crippen LogP contribution in [-0.2, 0) is 11.8 Å². The average Bonchev–Trinajstić information content (AvgIpc) is 3.30. The summed E-state index contributed by atoms with van der Waals surface area (Å²) in [6.45, 7) is 4.47. The van der Waals surface area contributed by atoms with Crippen LogP contribution in [0.5, 0.6) is 0 Å². The number of hydrogen-bond acceptors (Lipinski definition) is 3. The molecule has 0 spiro atoms. The quantitative estimate of drug-likeness (QED) is 0.596. The molecule has 4 heteroatoms. The highest BCUT2D eigenvalue weighted by Crippen LogP contribution is 2.44. The van der Waals surface area contributed by atoms with Crippen molar-refractivity contribution in [2.75, 3.05) is 5.73 Å². The number of anilines is 1. The molecule has 5 rings (SSSR count). The van der Waals surface area contributed by atoms with E-state index in [9.17, 15) is 0 Å². The van der Waals surface area contributed by atoms with E-state index in [0.717, 1.165) is 17.1 Å². The van der Waals surface area contributed by atoms with E-state index in [1.54, 1.807) is 0 Å². The first kappa shape index (κ1) is 18.7. The standard InChI is InChI=1S/C25H32N4/c1-3-25(9-4-5-10-25)23-14-19(12-18-7-6-8-18)13-21(28-23)20-11-17(2)29-16-27-24(26)15-22(20)29/h11,13-16,18H,3-10,12,26H2,1-2H3. The Balaban J connectivity index is 1.67. The first-order valence-corrected chi connectivity index (χ1v) is 11.3. The second kappa shape index (κ2) is 7.16. The van der Waals surface area contributed by atoms with Gasteiger partial charge in [0.15, 0.2) is 0 Å². The summed E-state index contributed by atoms with van der Waals surface area (Å²) in [4.78, 5) is 9.57. The zero-order valence-corrected chi connectivity index (χ0v) is 17.7. The third-order valence-electron chi connectivity index (χ3n) is 7.57. The number of nitrogens with zero attached hydrogens (tertiary/aromatic N) is 3. The van der Waals surface area contributed by atoms with Gasteiger partial charge in [-0.15, -0.1) is 0 Å². The maximum atomic E-state index is 6.03. The number of hydrogen-bond donors (Lipinski definition) is 1. The fourth-order valence-corrected chi connectivity index (χ4v) is 5.47. The lowest BCUT2D eigenvalue weighted by atomic mass is 9.77. The lowest BCUT2D eigenvalue weighted by molar-refractivity contribution is 0.314. The maximum Gasteiger partial charge on any atom is 0.127 e. The van der Waals surface area contributed by atoms with E-state index in [-0.39, 0.29) is 5.41 Å². The molecule has 0 amide bonds. The molecule has 0 bridgehead atoms. The van der Waals surface area contributed by atoms with Gasteiger partial charge >= 0.3 is 0 Å². The number of nitrogens with two attached hydrogens (primary N) is 1. The summed E-state index contributed by atoms with van der Waals surface area (Å²) in [6.07, 6.45) is 13.5. The molecule has 0 unspecified atom stereocenters. The van der Waals surface area contributed by atoms with Crippen molar-refractivity contribution >= 4 is 11.3 Å². The molecule has 4 nitrogen and oxygen atoms in total. The predicted molar refractivity (Wildman–Crippen MR) is 119 cm³/mol. The van der Waals surface area contributed by atoms with Crippen LogP contribution in [0.2, 0.25) is 0 Å². The van der Waals surface area contributed by atoms with Crippen molar-refractivity contribution in [3.63, 3.8) is 0 Å². The van der Waals surface area contributed by atoms with Crippen molar-refractivity contribution in [1.29, 1.82) is 0 Å². The Labute approximate surface area is 173 Å². The van der Waals surface area contributed by atoms with Crippen LogP contribution in [0, 0.1) is 12.8 Å². The van der Waals surface area contributed by atoms with Crippen LogP contribution < -0.4 is 5.73 Å². The Morgan fingerprint density at radius 1 is 1.10 bits per heavy atom. The molecule has 2 aliphatic carbocycles. The minimum atomic E-state index is 0.259. The van der Waals surface area contributed by atoms with Gasteiger partial charge < -0.3 is 10.1 Å². The summed E-state index contributed by atoms with van der Waals surface area (Å²) in [6, 6.07) is 9.00. The van der Waals surface area contributed by atoms with Crippen LogP contribution in [0.25, 0.3) is 16.8 Å². The Kier molecular flexibility index (Phi) is 4.60. The van der Waals surface area contributed by atoms with Crippen LogP contribution >= 0.6 is 0 Å². The van der Waals surface area contributed by atoms with E-state index in [4.69, 9.17) is 10.7 Å². The largest absolute Gasteiger partial charge is 0.384 e. The second-order valence-corrected chi connectivity index (χ2v) is 9.36. The molecule has 2 aliphatic rings. The van der Waals surface area contributed by atoms with Gasteiger partial charge in [0.1, 0.15) is 12.1 Å². The second-order valence-electron chi connectivity index (χ2n) is 9.36. The van der Waals surface area contributed by atoms with Crippen molar-refractivity contribution in [3.8, 4) is 11.3 Å². The highest BCUT2D eigenvalue weighted by Gasteiger charge is 2.36. The summed E-state index contributed by atoms with van der Waals surface area (Å²) in [7, 11) is 0. The van der Waals surface area contributed by atoms with E-state index in [2.05, 4.69) is 41.4 Å². The first-order chi connectivity index (χ1) is 14.1. The smallest absolute Gasteiger partial charge is 0.127 e. The topological polar surface area (TPSA) is 56.2 Å². The van der Waals surface area contributed by atoms with E-state index in [1.807, 2.05) is 12.4 Å². The van der Waals surface area contributed by atoms with Crippen molar-refractivity contribution in [3.05, 3.63) is 47.5 Å². The minimum Gasteiger partial charge on any atom is -0.384 e. The molecule has 0 atom stereocenters. The van der Waals surface area contributed by atoms with Crippen molar-refractivity contribution in [2.24, 2.45) is 5.92 Å². The SMILES string of the molecule is CCC1(c2cc(CC3CCC3)cc(-c3cc(C)n4cnc(N)cc34)n2)CCCC1. The number of pyridine rings is 1. The van der Waals surface area contributed by atoms with Gasteiger partial charge in [0.05, 0.1) is 11.2 Å². The summed E-state index contributed by atoms with van der Waals surface area (Å²) >= 11 is 0. The molecule has 2 N–H and O–H groups in total. The lowest BCUT2D eigenvalue weighted by Crippen LogP contribution is -2.23. The van der Waals surface area contributed by atoms with E-state index < -0.39 is 0 Å². The fourth-order valence-electron chi connectivity index (χ4n) is 5.47. The van der Waals surface area contributed by atoms with Gasteiger partial charge in [-0.05, 0) is 62.3 Å². The van der Waals surface area contributed by atoms with Gasteiger partial charge in [-0.1, -0.05) is 39.0 Å².